The second-order valence-corrected chi connectivity index (χ2v) is 10.4. The zero-order chi connectivity index (χ0) is 18.4. The lowest BCUT2D eigenvalue weighted by Crippen LogP contribution is -2.18. The maximum atomic E-state index is 3.66. The smallest absolute Gasteiger partial charge is 0.0178 e. The van der Waals surface area contributed by atoms with Crippen LogP contribution in [0.1, 0.15) is 49.9 Å². The molecule has 2 aliphatic carbocycles. The van der Waals surface area contributed by atoms with Gasteiger partial charge in [0.1, 0.15) is 0 Å². The first-order valence-corrected chi connectivity index (χ1v) is 10.6. The summed E-state index contributed by atoms with van der Waals surface area (Å²) in [5.74, 6) is 0. The van der Waals surface area contributed by atoms with Crippen LogP contribution in [-0.2, 0) is 10.8 Å². The van der Waals surface area contributed by atoms with E-state index in [1.165, 1.54) is 44.5 Å². The van der Waals surface area contributed by atoms with E-state index in [9.17, 15) is 0 Å². The molecule has 0 atom stereocenters. The molecule has 3 aromatic carbocycles. The molecule has 2 aliphatic rings. The summed E-state index contributed by atoms with van der Waals surface area (Å²) in [5, 5.41) is 0. The van der Waals surface area contributed by atoms with E-state index >= 15 is 0 Å². The van der Waals surface area contributed by atoms with Crippen LogP contribution in [0.4, 0.5) is 0 Å². The molecule has 0 spiro atoms. The Morgan fingerprint density at radius 1 is 0.500 bits per heavy atom. The molecule has 0 aromatic heterocycles. The molecule has 0 N–H and O–H groups in total. The fourth-order valence-corrected chi connectivity index (χ4v) is 5.63. The molecule has 0 nitrogen and oxygen atoms in total. The average Bonchev–Trinajstić information content (AvgIpc) is 2.93. The van der Waals surface area contributed by atoms with Gasteiger partial charge >= 0.3 is 0 Å². The summed E-state index contributed by atoms with van der Waals surface area (Å²) in [5.41, 5.74) is 11.3. The van der Waals surface area contributed by atoms with E-state index in [-0.39, 0.29) is 10.8 Å². The second-order valence-electron chi connectivity index (χ2n) is 8.57. The van der Waals surface area contributed by atoms with Crippen molar-refractivity contribution < 1.29 is 0 Å². The zero-order valence-electron chi connectivity index (χ0n) is 15.4. The Hall–Kier alpha value is -1.38. The third-order valence-electron chi connectivity index (χ3n) is 6.39. The fourth-order valence-electron chi connectivity index (χ4n) is 4.91. The Morgan fingerprint density at radius 2 is 0.885 bits per heavy atom. The number of benzene rings is 3. The Kier molecular flexibility index (Phi) is 3.30. The minimum Gasteiger partial charge on any atom is -0.0529 e. The van der Waals surface area contributed by atoms with Gasteiger partial charge in [0, 0.05) is 19.8 Å². The maximum Gasteiger partial charge on any atom is 0.0178 e. The normalized spacial score (nSPS) is 17.5. The van der Waals surface area contributed by atoms with E-state index in [0.717, 1.165) is 8.95 Å². The monoisotopic (exact) mass is 466 g/mol. The topological polar surface area (TPSA) is 0 Å². The quantitative estimate of drug-likeness (QED) is 0.316. The summed E-state index contributed by atoms with van der Waals surface area (Å²) in [6, 6.07) is 18.3. The molecule has 0 saturated carbocycles. The van der Waals surface area contributed by atoms with Crippen LogP contribution in [0.15, 0.2) is 57.5 Å². The van der Waals surface area contributed by atoms with Crippen LogP contribution in [-0.4, -0.2) is 0 Å². The molecular formula is C24H20Br2. The molecule has 0 aliphatic heterocycles. The molecule has 0 heterocycles. The number of rotatable bonds is 0. The predicted molar refractivity (Wildman–Crippen MR) is 117 cm³/mol. The van der Waals surface area contributed by atoms with Crippen molar-refractivity contribution in [1.82, 2.24) is 0 Å². The Morgan fingerprint density at radius 3 is 1.31 bits per heavy atom. The summed E-state index contributed by atoms with van der Waals surface area (Å²) < 4.78 is 2.31. The summed E-state index contributed by atoms with van der Waals surface area (Å²) in [6.07, 6.45) is 0. The van der Waals surface area contributed by atoms with Crippen molar-refractivity contribution in [2.45, 2.75) is 38.5 Å². The van der Waals surface area contributed by atoms with Crippen molar-refractivity contribution in [1.29, 1.82) is 0 Å². The highest BCUT2D eigenvalue weighted by atomic mass is 79.9. The molecule has 0 bridgehead atoms. The zero-order valence-corrected chi connectivity index (χ0v) is 18.5. The summed E-state index contributed by atoms with van der Waals surface area (Å²) >= 11 is 7.31. The van der Waals surface area contributed by atoms with Crippen LogP contribution in [0.2, 0.25) is 0 Å². The van der Waals surface area contributed by atoms with Crippen LogP contribution >= 0.6 is 31.9 Å². The number of hydrogen-bond acceptors (Lipinski definition) is 0. The van der Waals surface area contributed by atoms with Gasteiger partial charge in [-0.2, -0.15) is 0 Å². The highest BCUT2D eigenvalue weighted by Crippen LogP contribution is 2.56. The Labute approximate surface area is 171 Å². The van der Waals surface area contributed by atoms with E-state index in [0.29, 0.717) is 0 Å². The number of halogens is 2. The molecule has 0 amide bonds. The maximum absolute atomic E-state index is 3.66. The van der Waals surface area contributed by atoms with E-state index in [4.69, 9.17) is 0 Å². The summed E-state index contributed by atoms with van der Waals surface area (Å²) in [7, 11) is 0. The van der Waals surface area contributed by atoms with Crippen LogP contribution < -0.4 is 0 Å². The van der Waals surface area contributed by atoms with Gasteiger partial charge in [-0.05, 0) is 74.8 Å². The molecular weight excluding hydrogens is 448 g/mol. The van der Waals surface area contributed by atoms with Gasteiger partial charge in [-0.1, -0.05) is 77.8 Å². The van der Waals surface area contributed by atoms with Crippen molar-refractivity contribution in [2.75, 3.05) is 0 Å². The van der Waals surface area contributed by atoms with Crippen LogP contribution in [0, 0.1) is 0 Å². The van der Waals surface area contributed by atoms with Crippen molar-refractivity contribution in [2.24, 2.45) is 0 Å². The van der Waals surface area contributed by atoms with Crippen LogP contribution in [0.25, 0.3) is 22.3 Å². The van der Waals surface area contributed by atoms with E-state index in [2.05, 4.69) is 108 Å². The predicted octanol–water partition coefficient (Wildman–Crippen LogP) is 7.82. The van der Waals surface area contributed by atoms with Crippen molar-refractivity contribution >= 4 is 31.9 Å². The summed E-state index contributed by atoms with van der Waals surface area (Å²) in [6.45, 7) is 9.40. The van der Waals surface area contributed by atoms with Gasteiger partial charge in [0.05, 0.1) is 0 Å². The van der Waals surface area contributed by atoms with Gasteiger partial charge < -0.3 is 0 Å². The third kappa shape index (κ3) is 2.00. The van der Waals surface area contributed by atoms with Gasteiger partial charge in [-0.15, -0.1) is 0 Å². The first-order chi connectivity index (χ1) is 12.2. The van der Waals surface area contributed by atoms with Gasteiger partial charge in [-0.3, -0.25) is 0 Å². The first-order valence-electron chi connectivity index (χ1n) is 9.01. The van der Waals surface area contributed by atoms with Gasteiger partial charge in [-0.25, -0.2) is 0 Å². The number of fused-ring (bicyclic) bond motifs is 6. The number of hydrogen-bond donors (Lipinski definition) is 0. The van der Waals surface area contributed by atoms with E-state index in [1.54, 1.807) is 0 Å². The largest absolute Gasteiger partial charge is 0.0529 e. The Balaban J connectivity index is 1.85. The van der Waals surface area contributed by atoms with Gasteiger partial charge in [0.25, 0.3) is 0 Å². The molecule has 0 unspecified atom stereocenters. The molecule has 3 aromatic rings. The summed E-state index contributed by atoms with van der Waals surface area (Å²) in [4.78, 5) is 0. The van der Waals surface area contributed by atoms with Gasteiger partial charge in [0.15, 0.2) is 0 Å². The lowest BCUT2D eigenvalue weighted by molar-refractivity contribution is 0.639. The van der Waals surface area contributed by atoms with E-state index < -0.39 is 0 Å². The van der Waals surface area contributed by atoms with Crippen LogP contribution in [0.5, 0.6) is 0 Å². The van der Waals surface area contributed by atoms with Crippen molar-refractivity contribution in [3.63, 3.8) is 0 Å². The molecule has 0 saturated heterocycles. The Bertz CT molecular complexity index is 1020. The second kappa shape index (κ2) is 5.11. The first kappa shape index (κ1) is 16.8. The van der Waals surface area contributed by atoms with E-state index in [1.807, 2.05) is 0 Å². The molecule has 5 rings (SSSR count). The lowest BCUT2D eigenvalue weighted by Gasteiger charge is -2.26. The van der Waals surface area contributed by atoms with Crippen molar-refractivity contribution in [3.05, 3.63) is 79.7 Å². The minimum atomic E-state index is 0.0227. The molecule has 0 radical (unpaired) electrons. The molecule has 130 valence electrons. The lowest BCUT2D eigenvalue weighted by atomic mass is 9.78. The standard InChI is InChI=1S/C24H20Br2/c1-23(2)19-9-13(25)5-7-15(19)17-11-18-16-8-6-14(26)10-20(16)24(3,4)22(18)12-21(17)23/h5-12H,1-4H3. The molecule has 2 heteroatoms. The van der Waals surface area contributed by atoms with Crippen molar-refractivity contribution in [3.8, 4) is 22.3 Å². The van der Waals surface area contributed by atoms with Gasteiger partial charge in [0.2, 0.25) is 0 Å². The third-order valence-corrected chi connectivity index (χ3v) is 7.38. The van der Waals surface area contributed by atoms with Crippen LogP contribution in [0.3, 0.4) is 0 Å². The minimum absolute atomic E-state index is 0.0227. The average molecular weight is 468 g/mol. The molecule has 26 heavy (non-hydrogen) atoms. The molecule has 0 fully saturated rings. The SMILES string of the molecule is CC1(C)c2cc(Br)ccc2-c2cc3c(cc21)C(C)(C)c1cc(Br)ccc1-3. The fraction of sp³-hybridized carbons (Fsp3) is 0.250. The highest BCUT2D eigenvalue weighted by molar-refractivity contribution is 9.10. The highest BCUT2D eigenvalue weighted by Gasteiger charge is 2.41.